The number of hydrogen-bond acceptors (Lipinski definition) is 2. The molecule has 0 spiro atoms. The molecule has 1 saturated heterocycles. The van der Waals surface area contributed by atoms with Gasteiger partial charge in [-0.25, -0.2) is 0 Å². The first-order valence-corrected chi connectivity index (χ1v) is 7.18. The van der Waals surface area contributed by atoms with Crippen LogP contribution in [0.4, 0.5) is 0 Å². The molecule has 0 bridgehead atoms. The molecule has 1 N–H and O–H groups in total. The van der Waals surface area contributed by atoms with Gasteiger partial charge in [0.05, 0.1) is 0 Å². The smallest absolute Gasteiger partial charge is 0.00988 e. The van der Waals surface area contributed by atoms with E-state index in [4.69, 9.17) is 0 Å². The summed E-state index contributed by atoms with van der Waals surface area (Å²) in [6.07, 6.45) is 6.79. The summed E-state index contributed by atoms with van der Waals surface area (Å²) in [6.45, 7) is 11.6. The molecule has 0 amide bonds. The summed E-state index contributed by atoms with van der Waals surface area (Å²) in [5.74, 6) is 0. The largest absolute Gasteiger partial charge is 0.317 e. The van der Waals surface area contributed by atoms with Gasteiger partial charge in [-0.15, -0.1) is 0 Å². The maximum absolute atomic E-state index is 3.41. The van der Waals surface area contributed by atoms with Crippen molar-refractivity contribution < 1.29 is 0 Å². The highest BCUT2D eigenvalue weighted by molar-refractivity contribution is 4.87. The van der Waals surface area contributed by atoms with Crippen LogP contribution in [0, 0.1) is 0 Å². The molecule has 1 aliphatic heterocycles. The SMILES string of the molecule is CCNCCCC(C)N1C(C)CCC1CC. The van der Waals surface area contributed by atoms with Gasteiger partial charge in [0, 0.05) is 18.1 Å². The first kappa shape index (κ1) is 14.0. The molecule has 0 radical (unpaired) electrons. The molecule has 2 heteroatoms. The number of nitrogens with one attached hydrogen (secondary N) is 1. The second-order valence-corrected chi connectivity index (χ2v) is 5.28. The summed E-state index contributed by atoms with van der Waals surface area (Å²) < 4.78 is 0. The molecule has 1 rings (SSSR count). The Morgan fingerprint density at radius 3 is 2.69 bits per heavy atom. The van der Waals surface area contributed by atoms with Gasteiger partial charge in [-0.2, -0.15) is 0 Å². The van der Waals surface area contributed by atoms with Crippen LogP contribution in [0.25, 0.3) is 0 Å². The Bertz CT molecular complexity index is 182. The van der Waals surface area contributed by atoms with Gasteiger partial charge in [-0.05, 0) is 59.0 Å². The third-order valence-corrected chi connectivity index (χ3v) is 4.05. The number of nitrogens with zero attached hydrogens (tertiary/aromatic N) is 1. The zero-order valence-corrected chi connectivity index (χ0v) is 11.6. The molecule has 0 aliphatic carbocycles. The molecule has 16 heavy (non-hydrogen) atoms. The second kappa shape index (κ2) is 7.29. The van der Waals surface area contributed by atoms with Gasteiger partial charge in [-0.1, -0.05) is 13.8 Å². The van der Waals surface area contributed by atoms with Crippen LogP contribution < -0.4 is 5.32 Å². The highest BCUT2D eigenvalue weighted by Gasteiger charge is 2.32. The van der Waals surface area contributed by atoms with Crippen molar-refractivity contribution in [2.24, 2.45) is 0 Å². The van der Waals surface area contributed by atoms with Crippen LogP contribution in [-0.2, 0) is 0 Å². The van der Waals surface area contributed by atoms with Gasteiger partial charge in [0.2, 0.25) is 0 Å². The van der Waals surface area contributed by atoms with Crippen LogP contribution >= 0.6 is 0 Å². The van der Waals surface area contributed by atoms with E-state index in [2.05, 4.69) is 37.9 Å². The minimum atomic E-state index is 0.765. The molecule has 3 atom stereocenters. The highest BCUT2D eigenvalue weighted by Crippen LogP contribution is 2.29. The zero-order chi connectivity index (χ0) is 12.0. The van der Waals surface area contributed by atoms with Crippen LogP contribution in [0.1, 0.15) is 59.8 Å². The Balaban J connectivity index is 2.30. The lowest BCUT2D eigenvalue weighted by Crippen LogP contribution is -2.41. The molecular weight excluding hydrogens is 196 g/mol. The van der Waals surface area contributed by atoms with Gasteiger partial charge in [0.15, 0.2) is 0 Å². The predicted molar refractivity (Wildman–Crippen MR) is 71.9 cm³/mol. The minimum absolute atomic E-state index is 0.765. The summed E-state index contributed by atoms with van der Waals surface area (Å²) in [4.78, 5) is 2.77. The van der Waals surface area contributed by atoms with E-state index in [1.54, 1.807) is 0 Å². The quantitative estimate of drug-likeness (QED) is 0.671. The zero-order valence-electron chi connectivity index (χ0n) is 11.6. The fourth-order valence-corrected chi connectivity index (χ4v) is 3.15. The fourth-order valence-electron chi connectivity index (χ4n) is 3.15. The maximum Gasteiger partial charge on any atom is 0.00988 e. The summed E-state index contributed by atoms with van der Waals surface area (Å²) in [6, 6.07) is 2.42. The van der Waals surface area contributed by atoms with Gasteiger partial charge >= 0.3 is 0 Å². The van der Waals surface area contributed by atoms with Crippen LogP contribution in [0.15, 0.2) is 0 Å². The Morgan fingerprint density at radius 2 is 2.06 bits per heavy atom. The van der Waals surface area contributed by atoms with Crippen LogP contribution in [0.5, 0.6) is 0 Å². The summed E-state index contributed by atoms with van der Waals surface area (Å²) in [5, 5.41) is 3.41. The Labute approximate surface area is 102 Å². The van der Waals surface area contributed by atoms with E-state index < -0.39 is 0 Å². The molecule has 1 heterocycles. The Morgan fingerprint density at radius 1 is 1.31 bits per heavy atom. The molecule has 1 aliphatic rings. The second-order valence-electron chi connectivity index (χ2n) is 5.28. The third kappa shape index (κ3) is 3.74. The van der Waals surface area contributed by atoms with Crippen molar-refractivity contribution in [3.63, 3.8) is 0 Å². The lowest BCUT2D eigenvalue weighted by Gasteiger charge is -2.34. The van der Waals surface area contributed by atoms with E-state index in [1.165, 1.54) is 38.6 Å². The average Bonchev–Trinajstić information content (AvgIpc) is 2.65. The first-order chi connectivity index (χ1) is 7.70. The Hall–Kier alpha value is -0.0800. The third-order valence-electron chi connectivity index (χ3n) is 4.05. The van der Waals surface area contributed by atoms with Gasteiger partial charge < -0.3 is 5.32 Å². The van der Waals surface area contributed by atoms with Crippen molar-refractivity contribution in [1.29, 1.82) is 0 Å². The molecule has 96 valence electrons. The molecule has 1 fully saturated rings. The van der Waals surface area contributed by atoms with Crippen molar-refractivity contribution >= 4 is 0 Å². The number of rotatable bonds is 7. The van der Waals surface area contributed by atoms with E-state index in [-0.39, 0.29) is 0 Å². The van der Waals surface area contributed by atoms with Crippen molar-refractivity contribution in [2.75, 3.05) is 13.1 Å². The topological polar surface area (TPSA) is 15.3 Å². The van der Waals surface area contributed by atoms with Gasteiger partial charge in [0.25, 0.3) is 0 Å². The van der Waals surface area contributed by atoms with Gasteiger partial charge in [-0.3, -0.25) is 4.90 Å². The maximum atomic E-state index is 3.41. The van der Waals surface area contributed by atoms with Crippen molar-refractivity contribution in [1.82, 2.24) is 10.2 Å². The summed E-state index contributed by atoms with van der Waals surface area (Å²) in [5.41, 5.74) is 0. The molecule has 2 nitrogen and oxygen atoms in total. The van der Waals surface area contributed by atoms with Crippen molar-refractivity contribution in [2.45, 2.75) is 77.9 Å². The summed E-state index contributed by atoms with van der Waals surface area (Å²) >= 11 is 0. The Kier molecular flexibility index (Phi) is 6.37. The predicted octanol–water partition coefficient (Wildman–Crippen LogP) is 3.03. The standard InChI is InChI=1S/C14H30N2/c1-5-14-10-9-13(4)16(14)12(3)8-7-11-15-6-2/h12-15H,5-11H2,1-4H3. The number of likely N-dealkylation sites (tertiary alicyclic amines) is 1. The minimum Gasteiger partial charge on any atom is -0.317 e. The van der Waals surface area contributed by atoms with Crippen molar-refractivity contribution in [3.05, 3.63) is 0 Å². The van der Waals surface area contributed by atoms with Crippen LogP contribution in [-0.4, -0.2) is 36.1 Å². The van der Waals surface area contributed by atoms with Crippen molar-refractivity contribution in [3.8, 4) is 0 Å². The highest BCUT2D eigenvalue weighted by atomic mass is 15.2. The number of hydrogen-bond donors (Lipinski definition) is 1. The van der Waals surface area contributed by atoms with E-state index in [0.29, 0.717) is 0 Å². The molecule has 0 aromatic carbocycles. The lowest BCUT2D eigenvalue weighted by molar-refractivity contribution is 0.135. The normalized spacial score (nSPS) is 28.5. The first-order valence-electron chi connectivity index (χ1n) is 7.18. The van der Waals surface area contributed by atoms with E-state index >= 15 is 0 Å². The molecule has 3 unspecified atom stereocenters. The van der Waals surface area contributed by atoms with E-state index in [1.807, 2.05) is 0 Å². The lowest BCUT2D eigenvalue weighted by atomic mass is 10.1. The molecule has 0 aromatic rings. The van der Waals surface area contributed by atoms with Crippen LogP contribution in [0.2, 0.25) is 0 Å². The monoisotopic (exact) mass is 226 g/mol. The van der Waals surface area contributed by atoms with Gasteiger partial charge in [0.1, 0.15) is 0 Å². The molecule has 0 aromatic heterocycles. The summed E-state index contributed by atoms with van der Waals surface area (Å²) in [7, 11) is 0. The van der Waals surface area contributed by atoms with E-state index in [9.17, 15) is 0 Å². The molecule has 0 saturated carbocycles. The average molecular weight is 226 g/mol. The van der Waals surface area contributed by atoms with E-state index in [0.717, 1.165) is 24.7 Å². The van der Waals surface area contributed by atoms with Crippen LogP contribution in [0.3, 0.4) is 0 Å². The fraction of sp³-hybridized carbons (Fsp3) is 1.00. The molecular formula is C14H30N2.